The minimum absolute atomic E-state index is 0.0831. The molecule has 6 heterocycles. The van der Waals surface area contributed by atoms with E-state index in [1.807, 2.05) is 18.4 Å². The number of piperidine rings is 1. The standard InChI is InChI=1S/C45H41Cl2N9O7/c1-24(2)54-38-35(44(61)56(33-21-29(47)23-52(3)43(33)60)37(38)26-13-15-28(46)16-14-26)51-39(54)30-20-27(22-49-42(30)63-5)40(58)48-19-8-6-7-10-25-11-9-12-31-36(25)53(4)45(62)55(31)32-17-18-34(57)50-41(32)59/h9,11-16,20-24,32,37H,6,8,17-19H2,1-5H3,(H,48,58)(H,50,57,59)/t32?,37-/m0/s1. The maximum atomic E-state index is 14.5. The number of ether oxygens (including phenoxy) is 1. The normalized spacial score (nSPS) is 16.0. The van der Waals surface area contributed by atoms with Gasteiger partial charge in [-0.15, -0.1) is 0 Å². The number of halogens is 2. The van der Waals surface area contributed by atoms with Crippen LogP contribution in [0.5, 0.6) is 5.88 Å². The number of methoxy groups -OCH3 is 1. The zero-order valence-electron chi connectivity index (χ0n) is 34.9. The second-order valence-corrected chi connectivity index (χ2v) is 16.4. The van der Waals surface area contributed by atoms with Crippen LogP contribution in [0.2, 0.25) is 10.0 Å². The van der Waals surface area contributed by atoms with Crippen molar-refractivity contribution in [3.05, 3.63) is 126 Å². The minimum atomic E-state index is -0.804. The largest absolute Gasteiger partial charge is 0.480 e. The summed E-state index contributed by atoms with van der Waals surface area (Å²) in [4.78, 5) is 90.0. The fraction of sp³-hybridized carbons (Fsp3) is 0.289. The van der Waals surface area contributed by atoms with E-state index in [1.165, 1.54) is 44.2 Å². The predicted molar refractivity (Wildman–Crippen MR) is 236 cm³/mol. The number of anilines is 1. The number of carbonyl (C=O) groups excluding carboxylic acids is 4. The first kappa shape index (κ1) is 42.7. The molecule has 1 fully saturated rings. The minimum Gasteiger partial charge on any atom is -0.480 e. The van der Waals surface area contributed by atoms with Gasteiger partial charge >= 0.3 is 5.69 Å². The summed E-state index contributed by atoms with van der Waals surface area (Å²) in [5.74, 6) is 5.01. The fourth-order valence-corrected chi connectivity index (χ4v) is 8.64. The van der Waals surface area contributed by atoms with Crippen molar-refractivity contribution >= 4 is 63.6 Å². The summed E-state index contributed by atoms with van der Waals surface area (Å²) < 4.78 is 11.8. The average molecular weight is 891 g/mol. The van der Waals surface area contributed by atoms with Gasteiger partial charge in [0.2, 0.25) is 17.7 Å². The van der Waals surface area contributed by atoms with E-state index in [9.17, 15) is 28.8 Å². The van der Waals surface area contributed by atoms with Crippen molar-refractivity contribution < 1.29 is 23.9 Å². The number of imidazole rings is 2. The molecule has 322 valence electrons. The molecular formula is C45H41Cl2N9O7. The van der Waals surface area contributed by atoms with Crippen LogP contribution in [-0.2, 0) is 23.7 Å². The second-order valence-electron chi connectivity index (χ2n) is 15.5. The quantitative estimate of drug-likeness (QED) is 0.102. The molecule has 2 N–H and O–H groups in total. The Morgan fingerprint density at radius 1 is 1.03 bits per heavy atom. The maximum Gasteiger partial charge on any atom is 0.329 e. The summed E-state index contributed by atoms with van der Waals surface area (Å²) in [7, 11) is 4.63. The van der Waals surface area contributed by atoms with Gasteiger partial charge in [-0.1, -0.05) is 53.2 Å². The van der Waals surface area contributed by atoms with Gasteiger partial charge < -0.3 is 19.2 Å². The third-order valence-electron chi connectivity index (χ3n) is 11.1. The van der Waals surface area contributed by atoms with E-state index in [0.29, 0.717) is 57.1 Å². The molecule has 0 bridgehead atoms. The first-order valence-corrected chi connectivity index (χ1v) is 20.9. The van der Waals surface area contributed by atoms with Gasteiger partial charge in [-0.05, 0) is 68.7 Å². The highest BCUT2D eigenvalue weighted by atomic mass is 35.5. The van der Waals surface area contributed by atoms with Crippen LogP contribution in [0, 0.1) is 11.8 Å². The van der Waals surface area contributed by atoms with E-state index in [-0.39, 0.29) is 64.9 Å². The van der Waals surface area contributed by atoms with Gasteiger partial charge in [0.25, 0.3) is 17.4 Å². The predicted octanol–water partition coefficient (Wildman–Crippen LogP) is 5.48. The van der Waals surface area contributed by atoms with E-state index < -0.39 is 35.4 Å². The number of unbranched alkanes of at least 4 members (excludes halogenated alkanes) is 1. The Labute approximate surface area is 370 Å². The van der Waals surface area contributed by atoms with Crippen LogP contribution >= 0.6 is 23.2 Å². The van der Waals surface area contributed by atoms with Crippen molar-refractivity contribution in [3.8, 4) is 29.1 Å². The third kappa shape index (κ3) is 7.67. The van der Waals surface area contributed by atoms with Crippen LogP contribution in [0.3, 0.4) is 0 Å². The van der Waals surface area contributed by atoms with Crippen molar-refractivity contribution in [3.63, 3.8) is 0 Å². The molecule has 2 aromatic carbocycles. The topological polar surface area (TPSA) is 184 Å². The molecule has 0 radical (unpaired) electrons. The van der Waals surface area contributed by atoms with Crippen LogP contribution in [-0.4, -0.2) is 65.5 Å². The Morgan fingerprint density at radius 2 is 1.79 bits per heavy atom. The van der Waals surface area contributed by atoms with Crippen LogP contribution in [0.4, 0.5) is 5.69 Å². The number of hydrogen-bond donors (Lipinski definition) is 2. The van der Waals surface area contributed by atoms with E-state index in [4.69, 9.17) is 32.9 Å². The number of pyridine rings is 2. The number of benzene rings is 2. The van der Waals surface area contributed by atoms with Gasteiger partial charge in [-0.3, -0.25) is 43.3 Å². The molecular weight excluding hydrogens is 849 g/mol. The highest BCUT2D eigenvalue weighted by molar-refractivity contribution is 6.31. The highest BCUT2D eigenvalue weighted by Gasteiger charge is 2.46. The van der Waals surface area contributed by atoms with Gasteiger partial charge in [-0.25, -0.2) is 14.8 Å². The Kier molecular flexibility index (Phi) is 11.6. The Balaban J connectivity index is 1.04. The lowest BCUT2D eigenvalue weighted by Gasteiger charge is -2.28. The van der Waals surface area contributed by atoms with Gasteiger partial charge in [0.1, 0.15) is 23.6 Å². The number of fused-ring (bicyclic) bond motifs is 2. The average Bonchev–Trinajstić information content (AvgIpc) is 3.87. The molecule has 2 atom stereocenters. The lowest BCUT2D eigenvalue weighted by Crippen LogP contribution is -2.44. The summed E-state index contributed by atoms with van der Waals surface area (Å²) in [6.07, 6.45) is 4.17. The number of carbonyl (C=O) groups is 4. The molecule has 1 saturated heterocycles. The van der Waals surface area contributed by atoms with Crippen molar-refractivity contribution in [2.45, 2.75) is 57.7 Å². The fourth-order valence-electron chi connectivity index (χ4n) is 8.26. The molecule has 4 amide bonds. The summed E-state index contributed by atoms with van der Waals surface area (Å²) >= 11 is 12.7. The lowest BCUT2D eigenvalue weighted by atomic mass is 10.0. The first-order valence-electron chi connectivity index (χ1n) is 20.1. The van der Waals surface area contributed by atoms with Crippen LogP contribution in [0.1, 0.15) is 95.3 Å². The molecule has 0 spiro atoms. The smallest absolute Gasteiger partial charge is 0.329 e. The molecule has 1 unspecified atom stereocenters. The Hall–Kier alpha value is -6.96. The number of rotatable bonds is 10. The Bertz CT molecular complexity index is 3060. The number of imide groups is 1. The SMILES string of the molecule is COc1ncc(C(=O)NCCCC#Cc2cccc3c2n(C)c(=O)n3C2CCC(=O)NC2=O)cc1-c1nc2c(n1C(C)C)[C@H](c1ccc(Cl)cc1)N(c1cc(Cl)cn(C)c1=O)C2=O. The van der Waals surface area contributed by atoms with Crippen molar-refractivity contribution in [2.24, 2.45) is 14.1 Å². The first-order chi connectivity index (χ1) is 30.2. The van der Waals surface area contributed by atoms with E-state index in [0.717, 1.165) is 0 Å². The summed E-state index contributed by atoms with van der Waals surface area (Å²) in [6.45, 7) is 4.16. The second kappa shape index (κ2) is 17.1. The molecule has 0 aliphatic carbocycles. The van der Waals surface area contributed by atoms with E-state index in [2.05, 4.69) is 27.5 Å². The van der Waals surface area contributed by atoms with Gasteiger partial charge in [0.05, 0.1) is 45.6 Å². The van der Waals surface area contributed by atoms with Crippen LogP contribution in [0.25, 0.3) is 22.4 Å². The summed E-state index contributed by atoms with van der Waals surface area (Å²) in [5.41, 5.74) is 2.93. The zero-order valence-corrected chi connectivity index (χ0v) is 36.4. The number of aromatic nitrogens is 6. The molecule has 16 nitrogen and oxygen atoms in total. The zero-order chi connectivity index (χ0) is 44.9. The number of aryl methyl sites for hydroxylation is 2. The number of para-hydroxylation sites is 1. The monoisotopic (exact) mass is 889 g/mol. The number of amides is 4. The molecule has 63 heavy (non-hydrogen) atoms. The molecule has 0 saturated carbocycles. The van der Waals surface area contributed by atoms with Crippen molar-refractivity contribution in [2.75, 3.05) is 18.6 Å². The molecule has 2 aliphatic rings. The van der Waals surface area contributed by atoms with E-state index >= 15 is 0 Å². The van der Waals surface area contributed by atoms with Crippen molar-refractivity contribution in [1.29, 1.82) is 0 Å². The highest BCUT2D eigenvalue weighted by Crippen LogP contribution is 2.45. The maximum absolute atomic E-state index is 14.5. The lowest BCUT2D eigenvalue weighted by molar-refractivity contribution is -0.135. The molecule has 18 heteroatoms. The Morgan fingerprint density at radius 3 is 2.51 bits per heavy atom. The molecule has 6 aromatic rings. The van der Waals surface area contributed by atoms with Gasteiger partial charge in [0, 0.05) is 56.9 Å². The molecule has 4 aromatic heterocycles. The van der Waals surface area contributed by atoms with Gasteiger partial charge in [-0.2, -0.15) is 0 Å². The van der Waals surface area contributed by atoms with Crippen molar-refractivity contribution in [1.82, 2.24) is 38.9 Å². The number of nitrogens with one attached hydrogen (secondary N) is 2. The van der Waals surface area contributed by atoms with Crippen LogP contribution < -0.4 is 31.5 Å². The van der Waals surface area contributed by atoms with Crippen LogP contribution in [0.15, 0.2) is 76.6 Å². The van der Waals surface area contributed by atoms with Gasteiger partial charge in [0.15, 0.2) is 5.69 Å². The van der Waals surface area contributed by atoms with E-state index in [1.54, 1.807) is 62.6 Å². The molecule has 8 rings (SSSR count). The number of nitrogens with zero attached hydrogens (tertiary/aromatic N) is 7. The third-order valence-corrected chi connectivity index (χ3v) is 11.6. The summed E-state index contributed by atoms with van der Waals surface area (Å²) in [6, 6.07) is 13.5. The molecule has 2 aliphatic heterocycles. The number of hydrogen-bond acceptors (Lipinski definition) is 9. The summed E-state index contributed by atoms with van der Waals surface area (Å²) in [5, 5.41) is 6.01.